The summed E-state index contributed by atoms with van der Waals surface area (Å²) >= 11 is 4.78. The van der Waals surface area contributed by atoms with Gasteiger partial charge in [-0.1, -0.05) is 30.4 Å². The first-order valence-electron chi connectivity index (χ1n) is 2.92. The van der Waals surface area contributed by atoms with Gasteiger partial charge >= 0.3 is 0 Å². The topological polar surface area (TPSA) is 60.2 Å². The molecular weight excluding hydrogens is 182 g/mol. The number of hydrogen-bond donors (Lipinski definition) is 1. The fourth-order valence-corrected chi connectivity index (χ4v) is 2.05. The van der Waals surface area contributed by atoms with Gasteiger partial charge in [0, 0.05) is 4.86 Å². The molecule has 1 aliphatic rings. The monoisotopic (exact) mass is 189 g/mol. The Morgan fingerprint density at radius 1 is 1.45 bits per heavy atom. The molecule has 0 radical (unpaired) electrons. The van der Waals surface area contributed by atoms with E-state index >= 15 is 0 Å². The van der Waals surface area contributed by atoms with Crippen LogP contribution in [0.1, 0.15) is 0 Å². The minimum absolute atomic E-state index is 0.343. The maximum atomic E-state index is 10.8. The Hall–Kier alpha value is -0.520. The van der Waals surface area contributed by atoms with Crippen LogP contribution in [0.2, 0.25) is 0 Å². The number of allylic oxidation sites excluding steroid dienone is 3. The Labute approximate surface area is 70.6 Å². The Bertz CT molecular complexity index is 326. The first-order chi connectivity index (χ1) is 5.02. The summed E-state index contributed by atoms with van der Waals surface area (Å²) in [5, 5.41) is 4.08. The predicted molar refractivity (Wildman–Crippen MR) is 47.8 cm³/mol. The molecule has 0 amide bonds. The average molecular weight is 189 g/mol. The second-order valence-corrected chi connectivity index (χ2v) is 4.31. The molecular formula is C6H7NO2S2. The van der Waals surface area contributed by atoms with E-state index in [0.29, 0.717) is 4.86 Å². The molecule has 0 saturated heterocycles. The van der Waals surface area contributed by atoms with Gasteiger partial charge in [-0.3, -0.25) is 0 Å². The van der Waals surface area contributed by atoms with Gasteiger partial charge in [0.2, 0.25) is 10.0 Å². The highest BCUT2D eigenvalue weighted by Gasteiger charge is 2.22. The van der Waals surface area contributed by atoms with Gasteiger partial charge in [-0.2, -0.15) is 0 Å². The second kappa shape index (κ2) is 2.84. The molecule has 5 heteroatoms. The van der Waals surface area contributed by atoms with E-state index in [-0.39, 0.29) is 0 Å². The molecule has 0 aromatic rings. The van der Waals surface area contributed by atoms with E-state index < -0.39 is 15.3 Å². The SMILES string of the molecule is NS(=O)(=O)C1C=CC=CC1=S. The zero-order chi connectivity index (χ0) is 8.48. The first-order valence-corrected chi connectivity index (χ1v) is 4.94. The molecule has 60 valence electrons. The van der Waals surface area contributed by atoms with Crippen molar-refractivity contribution >= 4 is 27.1 Å². The Balaban J connectivity index is 3.01. The third kappa shape index (κ3) is 1.95. The van der Waals surface area contributed by atoms with Crippen LogP contribution in [0.15, 0.2) is 24.3 Å². The Morgan fingerprint density at radius 2 is 2.09 bits per heavy atom. The van der Waals surface area contributed by atoms with Crippen LogP contribution in [0.3, 0.4) is 0 Å². The lowest BCUT2D eigenvalue weighted by Crippen LogP contribution is -2.32. The highest BCUT2D eigenvalue weighted by atomic mass is 32.2. The summed E-state index contributed by atoms with van der Waals surface area (Å²) in [5.41, 5.74) is 0. The summed E-state index contributed by atoms with van der Waals surface area (Å²) in [4.78, 5) is 0.343. The summed E-state index contributed by atoms with van der Waals surface area (Å²) in [6, 6.07) is 0. The number of thiocarbonyl (C=S) groups is 1. The van der Waals surface area contributed by atoms with Crippen LogP contribution < -0.4 is 5.14 Å². The lowest BCUT2D eigenvalue weighted by Gasteiger charge is -2.10. The fraction of sp³-hybridized carbons (Fsp3) is 0.167. The van der Waals surface area contributed by atoms with Crippen molar-refractivity contribution < 1.29 is 8.42 Å². The third-order valence-electron chi connectivity index (χ3n) is 1.29. The molecule has 11 heavy (non-hydrogen) atoms. The van der Waals surface area contributed by atoms with Gasteiger partial charge < -0.3 is 0 Å². The van der Waals surface area contributed by atoms with Crippen molar-refractivity contribution in [1.82, 2.24) is 0 Å². The van der Waals surface area contributed by atoms with Crippen molar-refractivity contribution in [2.75, 3.05) is 0 Å². The number of nitrogens with two attached hydrogens (primary N) is 1. The molecule has 0 saturated carbocycles. The smallest absolute Gasteiger partial charge is 0.220 e. The molecule has 3 nitrogen and oxygen atoms in total. The van der Waals surface area contributed by atoms with Crippen molar-refractivity contribution in [2.24, 2.45) is 5.14 Å². The van der Waals surface area contributed by atoms with Crippen molar-refractivity contribution in [3.05, 3.63) is 24.3 Å². The summed E-state index contributed by atoms with van der Waals surface area (Å²) in [7, 11) is -3.55. The molecule has 1 aliphatic carbocycles. The molecule has 0 heterocycles. The second-order valence-electron chi connectivity index (χ2n) is 2.16. The molecule has 0 spiro atoms. The lowest BCUT2D eigenvalue weighted by molar-refractivity contribution is 0.597. The van der Waals surface area contributed by atoms with E-state index in [1.165, 1.54) is 6.08 Å². The third-order valence-corrected chi connectivity index (χ3v) is 2.95. The molecule has 1 atom stereocenters. The van der Waals surface area contributed by atoms with E-state index in [1.54, 1.807) is 18.2 Å². The molecule has 2 N–H and O–H groups in total. The van der Waals surface area contributed by atoms with Crippen molar-refractivity contribution in [3.63, 3.8) is 0 Å². The predicted octanol–water partition coefficient (Wildman–Crippen LogP) is 0.139. The van der Waals surface area contributed by atoms with Crippen LogP contribution in [-0.2, 0) is 10.0 Å². The lowest BCUT2D eigenvalue weighted by atomic mass is 10.2. The summed E-state index contributed by atoms with van der Waals surface area (Å²) in [6.45, 7) is 0. The highest BCUT2D eigenvalue weighted by molar-refractivity contribution is 7.93. The van der Waals surface area contributed by atoms with E-state index in [9.17, 15) is 8.42 Å². The van der Waals surface area contributed by atoms with Gasteiger partial charge in [0.05, 0.1) is 0 Å². The zero-order valence-electron chi connectivity index (χ0n) is 5.60. The van der Waals surface area contributed by atoms with Crippen LogP contribution >= 0.6 is 12.2 Å². The summed E-state index contributed by atoms with van der Waals surface area (Å²) in [5.74, 6) is 0. The van der Waals surface area contributed by atoms with Gasteiger partial charge in [-0.05, 0) is 6.08 Å². The van der Waals surface area contributed by atoms with E-state index in [2.05, 4.69) is 0 Å². The standard InChI is InChI=1S/C6H7NO2S2/c7-11(8,9)6-4-2-1-3-5(6)10/h1-4,6H,(H2,7,8,9). The van der Waals surface area contributed by atoms with E-state index in [0.717, 1.165) is 0 Å². The maximum absolute atomic E-state index is 10.8. The average Bonchev–Trinajstić information content (AvgIpc) is 1.86. The highest BCUT2D eigenvalue weighted by Crippen LogP contribution is 2.07. The van der Waals surface area contributed by atoms with Crippen molar-refractivity contribution in [1.29, 1.82) is 0 Å². The minimum atomic E-state index is -3.55. The first kappa shape index (κ1) is 8.58. The molecule has 1 rings (SSSR count). The Morgan fingerprint density at radius 3 is 2.45 bits per heavy atom. The van der Waals surface area contributed by atoms with Crippen LogP contribution in [0, 0.1) is 0 Å². The van der Waals surface area contributed by atoms with Crippen molar-refractivity contribution in [3.8, 4) is 0 Å². The number of primary sulfonamides is 1. The minimum Gasteiger partial charge on any atom is -0.228 e. The van der Waals surface area contributed by atoms with E-state index in [1.807, 2.05) is 0 Å². The van der Waals surface area contributed by atoms with Crippen LogP contribution in [-0.4, -0.2) is 18.5 Å². The number of rotatable bonds is 1. The number of sulfonamides is 1. The number of hydrogen-bond acceptors (Lipinski definition) is 3. The summed E-state index contributed by atoms with van der Waals surface area (Å²) in [6.07, 6.45) is 6.33. The zero-order valence-corrected chi connectivity index (χ0v) is 7.23. The van der Waals surface area contributed by atoms with Gasteiger partial charge in [0.25, 0.3) is 0 Å². The summed E-state index contributed by atoms with van der Waals surface area (Å²) < 4.78 is 21.6. The quantitative estimate of drug-likeness (QED) is 0.597. The molecule has 0 aliphatic heterocycles. The maximum Gasteiger partial charge on any atom is 0.220 e. The molecule has 0 fully saturated rings. The van der Waals surface area contributed by atoms with Crippen LogP contribution in [0.4, 0.5) is 0 Å². The molecule has 0 aromatic carbocycles. The van der Waals surface area contributed by atoms with Gasteiger partial charge in [0.15, 0.2) is 0 Å². The molecule has 0 bridgehead atoms. The van der Waals surface area contributed by atoms with Gasteiger partial charge in [0.1, 0.15) is 5.25 Å². The van der Waals surface area contributed by atoms with Gasteiger partial charge in [-0.25, -0.2) is 13.6 Å². The largest absolute Gasteiger partial charge is 0.228 e. The molecule has 1 unspecified atom stereocenters. The van der Waals surface area contributed by atoms with Crippen LogP contribution in [0.25, 0.3) is 0 Å². The fourth-order valence-electron chi connectivity index (χ4n) is 0.777. The van der Waals surface area contributed by atoms with Gasteiger partial charge in [-0.15, -0.1) is 0 Å². The normalized spacial score (nSPS) is 24.1. The molecule has 0 aromatic heterocycles. The van der Waals surface area contributed by atoms with Crippen LogP contribution in [0.5, 0.6) is 0 Å². The Kier molecular flexibility index (Phi) is 2.22. The van der Waals surface area contributed by atoms with Crippen molar-refractivity contribution in [2.45, 2.75) is 5.25 Å². The van der Waals surface area contributed by atoms with E-state index in [4.69, 9.17) is 17.4 Å².